The van der Waals surface area contributed by atoms with Gasteiger partial charge in [0.1, 0.15) is 5.75 Å². The summed E-state index contributed by atoms with van der Waals surface area (Å²) in [7, 11) is 2.18. The smallest absolute Gasteiger partial charge is 0.115 e. The van der Waals surface area contributed by atoms with E-state index in [4.69, 9.17) is 0 Å². The van der Waals surface area contributed by atoms with E-state index in [1.807, 2.05) is 12.1 Å². The molecular weight excluding hydrogens is 248 g/mol. The van der Waals surface area contributed by atoms with E-state index in [0.717, 1.165) is 19.5 Å². The van der Waals surface area contributed by atoms with Gasteiger partial charge in [-0.2, -0.15) is 0 Å². The number of unbranched alkanes of at least 4 members (excludes halogenated alkanes) is 1. The van der Waals surface area contributed by atoms with Gasteiger partial charge >= 0.3 is 0 Å². The monoisotopic (exact) mass is 278 g/mol. The number of phenols is 1. The van der Waals surface area contributed by atoms with Crippen molar-refractivity contribution in [3.8, 4) is 5.75 Å². The van der Waals surface area contributed by atoms with Gasteiger partial charge in [-0.05, 0) is 70.9 Å². The van der Waals surface area contributed by atoms with Crippen molar-refractivity contribution >= 4 is 0 Å². The maximum Gasteiger partial charge on any atom is 0.115 e. The molecule has 1 unspecified atom stereocenters. The van der Waals surface area contributed by atoms with Gasteiger partial charge in [-0.1, -0.05) is 19.1 Å². The lowest BCUT2D eigenvalue weighted by Gasteiger charge is -2.21. The first-order valence-corrected chi connectivity index (χ1v) is 7.77. The summed E-state index contributed by atoms with van der Waals surface area (Å²) in [5.41, 5.74) is 1.25. The van der Waals surface area contributed by atoms with E-state index in [9.17, 15) is 5.11 Å². The highest BCUT2D eigenvalue weighted by atomic mass is 16.3. The minimum Gasteiger partial charge on any atom is -0.508 e. The van der Waals surface area contributed by atoms with Crippen molar-refractivity contribution < 1.29 is 5.11 Å². The summed E-state index contributed by atoms with van der Waals surface area (Å²) >= 11 is 0. The number of rotatable bonds is 9. The summed E-state index contributed by atoms with van der Waals surface area (Å²) in [4.78, 5) is 2.39. The first-order chi connectivity index (χ1) is 9.54. The molecule has 3 nitrogen and oxygen atoms in total. The molecule has 0 saturated carbocycles. The molecule has 1 atom stereocenters. The minimum atomic E-state index is 0.334. The van der Waals surface area contributed by atoms with E-state index >= 15 is 0 Å². The lowest BCUT2D eigenvalue weighted by Crippen LogP contribution is -2.28. The third-order valence-corrected chi connectivity index (χ3v) is 3.91. The zero-order chi connectivity index (χ0) is 15.0. The number of aromatic hydroxyl groups is 1. The molecule has 1 aromatic rings. The number of nitrogens with one attached hydrogen (secondary N) is 1. The normalized spacial score (nSPS) is 13.1. The van der Waals surface area contributed by atoms with Gasteiger partial charge in [0.25, 0.3) is 0 Å². The Balaban J connectivity index is 2.27. The molecule has 114 valence electrons. The number of nitrogens with zero attached hydrogens (tertiary/aromatic N) is 1. The van der Waals surface area contributed by atoms with E-state index in [-0.39, 0.29) is 0 Å². The van der Waals surface area contributed by atoms with Crippen LogP contribution >= 0.6 is 0 Å². The molecule has 0 radical (unpaired) electrons. The van der Waals surface area contributed by atoms with Crippen LogP contribution in [0.2, 0.25) is 0 Å². The quantitative estimate of drug-likeness (QED) is 0.678. The van der Waals surface area contributed by atoms with Gasteiger partial charge in [0.05, 0.1) is 0 Å². The summed E-state index contributed by atoms with van der Waals surface area (Å²) in [6.45, 7) is 8.87. The van der Waals surface area contributed by atoms with Crippen LogP contribution < -0.4 is 5.32 Å². The van der Waals surface area contributed by atoms with Gasteiger partial charge in [0, 0.05) is 12.1 Å². The first-order valence-electron chi connectivity index (χ1n) is 7.77. The number of benzene rings is 1. The van der Waals surface area contributed by atoms with Gasteiger partial charge < -0.3 is 15.3 Å². The highest BCUT2D eigenvalue weighted by Gasteiger charge is 2.08. The van der Waals surface area contributed by atoms with Crippen molar-refractivity contribution in [3.05, 3.63) is 29.8 Å². The Labute approximate surface area is 124 Å². The van der Waals surface area contributed by atoms with Crippen molar-refractivity contribution in [1.82, 2.24) is 10.2 Å². The molecule has 0 saturated heterocycles. The predicted molar refractivity (Wildman–Crippen MR) is 86.1 cm³/mol. The molecule has 0 aliphatic heterocycles. The molecule has 0 fully saturated rings. The van der Waals surface area contributed by atoms with Crippen LogP contribution in [0.1, 0.15) is 51.6 Å². The molecular formula is C17H30N2O. The Morgan fingerprint density at radius 1 is 1.15 bits per heavy atom. The van der Waals surface area contributed by atoms with Crippen LogP contribution in [0.5, 0.6) is 5.75 Å². The predicted octanol–water partition coefficient (Wildman–Crippen LogP) is 3.55. The lowest BCUT2D eigenvalue weighted by atomic mass is 10.0. The third kappa shape index (κ3) is 5.93. The van der Waals surface area contributed by atoms with E-state index in [0.29, 0.717) is 17.8 Å². The van der Waals surface area contributed by atoms with Crippen molar-refractivity contribution in [3.63, 3.8) is 0 Å². The van der Waals surface area contributed by atoms with Crippen LogP contribution in [0.4, 0.5) is 0 Å². The van der Waals surface area contributed by atoms with Crippen LogP contribution in [0, 0.1) is 0 Å². The zero-order valence-electron chi connectivity index (χ0n) is 13.4. The Bertz CT molecular complexity index is 362. The van der Waals surface area contributed by atoms with Crippen molar-refractivity contribution in [1.29, 1.82) is 0 Å². The Kier molecular flexibility index (Phi) is 7.63. The van der Waals surface area contributed by atoms with E-state index in [2.05, 4.69) is 38.0 Å². The summed E-state index contributed by atoms with van der Waals surface area (Å²) in [5.74, 6) is 0.334. The molecule has 0 aromatic heterocycles. The lowest BCUT2D eigenvalue weighted by molar-refractivity contribution is 0.267. The fraction of sp³-hybridized carbons (Fsp3) is 0.647. The molecule has 3 heteroatoms. The number of phenolic OH excluding ortho intramolecular Hbond substituents is 1. The van der Waals surface area contributed by atoms with Crippen LogP contribution in [-0.4, -0.2) is 36.2 Å². The number of hydrogen-bond donors (Lipinski definition) is 2. The zero-order valence-corrected chi connectivity index (χ0v) is 13.4. The van der Waals surface area contributed by atoms with Crippen molar-refractivity contribution in [2.24, 2.45) is 0 Å². The van der Waals surface area contributed by atoms with Gasteiger partial charge in [-0.15, -0.1) is 0 Å². The fourth-order valence-corrected chi connectivity index (χ4v) is 2.23. The van der Waals surface area contributed by atoms with Gasteiger partial charge in [-0.3, -0.25) is 0 Å². The second kappa shape index (κ2) is 8.98. The Morgan fingerprint density at radius 3 is 2.35 bits per heavy atom. The van der Waals surface area contributed by atoms with Crippen molar-refractivity contribution in [2.45, 2.75) is 52.1 Å². The minimum absolute atomic E-state index is 0.334. The Hall–Kier alpha value is -1.06. The molecule has 1 aromatic carbocycles. The maximum absolute atomic E-state index is 9.33. The molecule has 20 heavy (non-hydrogen) atoms. The first kappa shape index (κ1) is 17.0. The SMILES string of the molecule is CCC(NCCCCN(C)C(C)C)c1ccc(O)cc1. The second-order valence-corrected chi connectivity index (χ2v) is 5.79. The van der Waals surface area contributed by atoms with Crippen molar-refractivity contribution in [2.75, 3.05) is 20.1 Å². The van der Waals surface area contributed by atoms with Crippen LogP contribution in [0.3, 0.4) is 0 Å². The van der Waals surface area contributed by atoms with E-state index < -0.39 is 0 Å². The molecule has 0 aliphatic carbocycles. The average molecular weight is 278 g/mol. The average Bonchev–Trinajstić information content (AvgIpc) is 2.43. The fourth-order valence-electron chi connectivity index (χ4n) is 2.23. The molecule has 0 bridgehead atoms. The summed E-state index contributed by atoms with van der Waals surface area (Å²) in [5, 5.41) is 12.9. The van der Waals surface area contributed by atoms with Gasteiger partial charge in [0.2, 0.25) is 0 Å². The standard InChI is InChI=1S/C17H30N2O/c1-5-17(15-8-10-16(20)11-9-15)18-12-6-7-13-19(4)14(2)3/h8-11,14,17-18,20H,5-7,12-13H2,1-4H3. The molecule has 1 rings (SSSR count). The molecule has 0 spiro atoms. The van der Waals surface area contributed by atoms with Crippen LogP contribution in [0.25, 0.3) is 0 Å². The summed E-state index contributed by atoms with van der Waals surface area (Å²) < 4.78 is 0. The highest BCUT2D eigenvalue weighted by molar-refractivity contribution is 5.27. The van der Waals surface area contributed by atoms with Crippen LogP contribution in [0.15, 0.2) is 24.3 Å². The molecule has 2 N–H and O–H groups in total. The number of hydrogen-bond acceptors (Lipinski definition) is 3. The largest absolute Gasteiger partial charge is 0.508 e. The summed E-state index contributed by atoms with van der Waals surface area (Å²) in [6.07, 6.45) is 3.50. The van der Waals surface area contributed by atoms with Gasteiger partial charge in [-0.25, -0.2) is 0 Å². The third-order valence-electron chi connectivity index (χ3n) is 3.91. The van der Waals surface area contributed by atoms with Crippen LogP contribution in [-0.2, 0) is 0 Å². The second-order valence-electron chi connectivity index (χ2n) is 5.79. The van der Waals surface area contributed by atoms with E-state index in [1.165, 1.54) is 18.4 Å². The molecule has 0 amide bonds. The topological polar surface area (TPSA) is 35.5 Å². The summed E-state index contributed by atoms with van der Waals surface area (Å²) in [6, 6.07) is 8.54. The Morgan fingerprint density at radius 2 is 1.80 bits per heavy atom. The highest BCUT2D eigenvalue weighted by Crippen LogP contribution is 2.19. The van der Waals surface area contributed by atoms with Gasteiger partial charge in [0.15, 0.2) is 0 Å². The molecule has 0 heterocycles. The molecule has 0 aliphatic rings. The maximum atomic E-state index is 9.33. The van der Waals surface area contributed by atoms with E-state index in [1.54, 1.807) is 12.1 Å².